The van der Waals surface area contributed by atoms with Crippen molar-refractivity contribution in [1.82, 2.24) is 5.32 Å². The van der Waals surface area contributed by atoms with Crippen molar-refractivity contribution in [2.75, 3.05) is 13.2 Å². The summed E-state index contributed by atoms with van der Waals surface area (Å²) in [7, 11) is 0. The van der Waals surface area contributed by atoms with Gasteiger partial charge in [-0.2, -0.15) is 0 Å². The third kappa shape index (κ3) is 5.30. The van der Waals surface area contributed by atoms with Crippen molar-refractivity contribution in [3.63, 3.8) is 0 Å². The summed E-state index contributed by atoms with van der Waals surface area (Å²) in [5.74, 6) is -1.03. The quantitative estimate of drug-likeness (QED) is 0.366. The molecule has 1 amide bonds. The van der Waals surface area contributed by atoms with Gasteiger partial charge in [-0.25, -0.2) is 4.79 Å². The molecule has 1 aromatic carbocycles. The predicted molar refractivity (Wildman–Crippen MR) is 71.8 cm³/mol. The van der Waals surface area contributed by atoms with E-state index in [2.05, 4.69) is 5.32 Å². The molecule has 0 aliphatic heterocycles. The molecular weight excluding hydrogens is 264 g/mol. The molecule has 0 spiro atoms. The van der Waals surface area contributed by atoms with E-state index < -0.39 is 10.9 Å². The summed E-state index contributed by atoms with van der Waals surface area (Å²) < 4.78 is 4.69. The SMILES string of the molecule is CCNC(=O)COC(=O)/C=C/c1ccc([N+](=O)[O-])cc1. The van der Waals surface area contributed by atoms with Gasteiger partial charge in [0.2, 0.25) is 0 Å². The number of nitrogens with zero attached hydrogens (tertiary/aromatic N) is 1. The van der Waals surface area contributed by atoms with Gasteiger partial charge in [0.1, 0.15) is 0 Å². The van der Waals surface area contributed by atoms with Gasteiger partial charge in [0.15, 0.2) is 6.61 Å². The van der Waals surface area contributed by atoms with Crippen LogP contribution in [0.3, 0.4) is 0 Å². The lowest BCUT2D eigenvalue weighted by atomic mass is 10.2. The highest BCUT2D eigenvalue weighted by molar-refractivity contribution is 5.89. The second-order valence-corrected chi connectivity index (χ2v) is 3.74. The Morgan fingerprint density at radius 2 is 2.00 bits per heavy atom. The number of rotatable bonds is 6. The minimum absolute atomic E-state index is 0.0269. The number of carbonyl (C=O) groups is 2. The maximum absolute atomic E-state index is 11.3. The largest absolute Gasteiger partial charge is 0.452 e. The van der Waals surface area contributed by atoms with Crippen LogP contribution in [0.5, 0.6) is 0 Å². The van der Waals surface area contributed by atoms with E-state index in [1.807, 2.05) is 0 Å². The fourth-order valence-corrected chi connectivity index (χ4v) is 1.30. The molecule has 106 valence electrons. The first-order valence-corrected chi connectivity index (χ1v) is 5.89. The highest BCUT2D eigenvalue weighted by atomic mass is 16.6. The van der Waals surface area contributed by atoms with E-state index in [9.17, 15) is 19.7 Å². The molecule has 20 heavy (non-hydrogen) atoms. The van der Waals surface area contributed by atoms with Crippen LogP contribution in [0.2, 0.25) is 0 Å². The van der Waals surface area contributed by atoms with Gasteiger partial charge in [0.05, 0.1) is 4.92 Å². The van der Waals surface area contributed by atoms with Crippen LogP contribution in [0, 0.1) is 10.1 Å². The van der Waals surface area contributed by atoms with Gasteiger partial charge in [-0.3, -0.25) is 14.9 Å². The number of nitro groups is 1. The number of esters is 1. The van der Waals surface area contributed by atoms with E-state index in [0.29, 0.717) is 12.1 Å². The standard InChI is InChI=1S/C13H14N2O5/c1-2-14-12(16)9-20-13(17)8-5-10-3-6-11(7-4-10)15(18)19/h3-8H,2,9H2,1H3,(H,14,16)/b8-5+. The zero-order valence-corrected chi connectivity index (χ0v) is 10.9. The van der Waals surface area contributed by atoms with Crippen LogP contribution in [0.25, 0.3) is 6.08 Å². The number of ether oxygens (including phenoxy) is 1. The third-order valence-corrected chi connectivity index (χ3v) is 2.24. The predicted octanol–water partition coefficient (Wildman–Crippen LogP) is 1.29. The van der Waals surface area contributed by atoms with Crippen molar-refractivity contribution >= 4 is 23.6 Å². The van der Waals surface area contributed by atoms with Crippen molar-refractivity contribution in [2.45, 2.75) is 6.92 Å². The van der Waals surface area contributed by atoms with Crippen molar-refractivity contribution in [3.05, 3.63) is 46.0 Å². The number of nitrogens with one attached hydrogen (secondary N) is 1. The molecule has 0 fully saturated rings. The Hall–Kier alpha value is -2.70. The Morgan fingerprint density at radius 1 is 1.35 bits per heavy atom. The van der Waals surface area contributed by atoms with Gasteiger partial charge in [0, 0.05) is 24.8 Å². The summed E-state index contributed by atoms with van der Waals surface area (Å²) in [6, 6.07) is 5.68. The van der Waals surface area contributed by atoms with Crippen molar-refractivity contribution in [1.29, 1.82) is 0 Å². The fraction of sp³-hybridized carbons (Fsp3) is 0.231. The number of non-ortho nitro benzene ring substituents is 1. The zero-order chi connectivity index (χ0) is 15.0. The van der Waals surface area contributed by atoms with Crippen molar-refractivity contribution < 1.29 is 19.2 Å². The molecule has 0 radical (unpaired) electrons. The first-order valence-electron chi connectivity index (χ1n) is 5.89. The Morgan fingerprint density at radius 3 is 2.55 bits per heavy atom. The third-order valence-electron chi connectivity index (χ3n) is 2.24. The number of nitro benzene ring substituents is 1. The molecule has 0 unspecified atom stereocenters. The highest BCUT2D eigenvalue weighted by Crippen LogP contribution is 2.12. The summed E-state index contributed by atoms with van der Waals surface area (Å²) in [6.07, 6.45) is 2.60. The summed E-state index contributed by atoms with van der Waals surface area (Å²) in [6.45, 7) is 1.89. The van der Waals surface area contributed by atoms with E-state index in [0.717, 1.165) is 6.08 Å². The lowest BCUT2D eigenvalue weighted by Crippen LogP contribution is -2.28. The molecule has 1 rings (SSSR count). The van der Waals surface area contributed by atoms with E-state index in [-0.39, 0.29) is 18.2 Å². The molecule has 0 aliphatic carbocycles. The van der Waals surface area contributed by atoms with Gasteiger partial charge in [0.25, 0.3) is 11.6 Å². The number of benzene rings is 1. The Labute approximate surface area is 115 Å². The second-order valence-electron chi connectivity index (χ2n) is 3.74. The Balaban J connectivity index is 2.48. The summed E-state index contributed by atoms with van der Waals surface area (Å²) in [4.78, 5) is 32.3. The van der Waals surface area contributed by atoms with E-state index in [1.54, 1.807) is 6.92 Å². The Kier molecular flexibility index (Phi) is 5.89. The zero-order valence-electron chi connectivity index (χ0n) is 10.9. The second kappa shape index (κ2) is 7.67. The van der Waals surface area contributed by atoms with E-state index >= 15 is 0 Å². The molecule has 0 saturated carbocycles. The molecule has 1 aromatic rings. The van der Waals surface area contributed by atoms with Crippen LogP contribution < -0.4 is 5.32 Å². The van der Waals surface area contributed by atoms with Gasteiger partial charge >= 0.3 is 5.97 Å². The topological polar surface area (TPSA) is 98.5 Å². The molecular formula is C13H14N2O5. The number of hydrogen-bond donors (Lipinski definition) is 1. The molecule has 0 aromatic heterocycles. The molecule has 0 atom stereocenters. The molecule has 0 aliphatic rings. The number of amides is 1. The summed E-state index contributed by atoms with van der Waals surface area (Å²) in [5.41, 5.74) is 0.589. The molecule has 1 N–H and O–H groups in total. The summed E-state index contributed by atoms with van der Waals surface area (Å²) in [5, 5.41) is 12.9. The number of carbonyl (C=O) groups excluding carboxylic acids is 2. The molecule has 7 nitrogen and oxygen atoms in total. The molecule has 0 heterocycles. The van der Waals surface area contributed by atoms with Crippen LogP contribution >= 0.6 is 0 Å². The number of likely N-dealkylation sites (N-methyl/N-ethyl adjacent to an activating group) is 1. The smallest absolute Gasteiger partial charge is 0.331 e. The van der Waals surface area contributed by atoms with E-state index in [4.69, 9.17) is 4.74 Å². The summed E-state index contributed by atoms with van der Waals surface area (Å²) >= 11 is 0. The van der Waals surface area contributed by atoms with Crippen LogP contribution in [-0.2, 0) is 14.3 Å². The normalized spacial score (nSPS) is 10.2. The monoisotopic (exact) mass is 278 g/mol. The van der Waals surface area contributed by atoms with Crippen LogP contribution in [0.15, 0.2) is 30.3 Å². The maximum Gasteiger partial charge on any atom is 0.331 e. The first-order chi connectivity index (χ1) is 9.52. The number of hydrogen-bond acceptors (Lipinski definition) is 5. The average molecular weight is 278 g/mol. The Bertz CT molecular complexity index is 522. The van der Waals surface area contributed by atoms with Gasteiger partial charge in [-0.1, -0.05) is 0 Å². The van der Waals surface area contributed by atoms with E-state index in [1.165, 1.54) is 30.3 Å². The average Bonchev–Trinajstić information content (AvgIpc) is 2.43. The van der Waals surface area contributed by atoms with Gasteiger partial charge in [-0.15, -0.1) is 0 Å². The van der Waals surface area contributed by atoms with Gasteiger partial charge in [-0.05, 0) is 30.7 Å². The lowest BCUT2D eigenvalue weighted by molar-refractivity contribution is -0.384. The van der Waals surface area contributed by atoms with Crippen molar-refractivity contribution in [3.8, 4) is 0 Å². The lowest BCUT2D eigenvalue weighted by Gasteiger charge is -2.01. The highest BCUT2D eigenvalue weighted by Gasteiger charge is 2.04. The maximum atomic E-state index is 11.3. The molecule has 0 saturated heterocycles. The van der Waals surface area contributed by atoms with Crippen LogP contribution in [0.4, 0.5) is 5.69 Å². The van der Waals surface area contributed by atoms with Crippen LogP contribution in [0.1, 0.15) is 12.5 Å². The minimum Gasteiger partial charge on any atom is -0.452 e. The molecule has 7 heteroatoms. The van der Waals surface area contributed by atoms with Crippen LogP contribution in [-0.4, -0.2) is 30.0 Å². The molecule has 0 bridgehead atoms. The fourth-order valence-electron chi connectivity index (χ4n) is 1.30. The first kappa shape index (κ1) is 15.4. The van der Waals surface area contributed by atoms with Gasteiger partial charge < -0.3 is 10.1 Å². The minimum atomic E-state index is -0.658. The van der Waals surface area contributed by atoms with Crippen molar-refractivity contribution in [2.24, 2.45) is 0 Å².